The van der Waals surface area contributed by atoms with Crippen molar-refractivity contribution in [3.05, 3.63) is 35.2 Å². The molecule has 2 rings (SSSR count). The summed E-state index contributed by atoms with van der Waals surface area (Å²) in [6.45, 7) is 6.30. The Balaban J connectivity index is 1.95. The fraction of sp³-hybridized carbons (Fsp3) is 0.389. The van der Waals surface area contributed by atoms with Gasteiger partial charge in [0.15, 0.2) is 0 Å². The molecule has 134 valence electrons. The van der Waals surface area contributed by atoms with Crippen LogP contribution in [0.25, 0.3) is 0 Å². The average Bonchev–Trinajstić information content (AvgIpc) is 2.81. The van der Waals surface area contributed by atoms with Gasteiger partial charge in [0, 0.05) is 24.9 Å². The number of hydrogen-bond donors (Lipinski definition) is 2. The summed E-state index contributed by atoms with van der Waals surface area (Å²) in [4.78, 5) is 16.1. The predicted molar refractivity (Wildman–Crippen MR) is 97.7 cm³/mol. The van der Waals surface area contributed by atoms with Gasteiger partial charge >= 0.3 is 0 Å². The molecular formula is C18H24N4O3. The minimum atomic E-state index is -0.238. The number of amides is 1. The van der Waals surface area contributed by atoms with Crippen molar-refractivity contribution in [3.8, 4) is 11.5 Å². The Morgan fingerprint density at radius 2 is 2.20 bits per heavy atom. The van der Waals surface area contributed by atoms with E-state index in [2.05, 4.69) is 15.4 Å². The molecule has 0 aliphatic heterocycles. The summed E-state index contributed by atoms with van der Waals surface area (Å²) in [7, 11) is 1.83. The molecule has 0 saturated carbocycles. The highest BCUT2D eigenvalue weighted by Gasteiger charge is 2.11. The van der Waals surface area contributed by atoms with Crippen LogP contribution in [0.2, 0.25) is 0 Å². The fourth-order valence-corrected chi connectivity index (χ4v) is 2.30. The number of aryl methyl sites for hydroxylation is 2. The summed E-state index contributed by atoms with van der Waals surface area (Å²) in [6, 6.07) is 5.01. The van der Waals surface area contributed by atoms with Gasteiger partial charge in [0.1, 0.15) is 18.0 Å². The van der Waals surface area contributed by atoms with E-state index in [1.807, 2.05) is 27.8 Å². The van der Waals surface area contributed by atoms with Crippen LogP contribution in [0.1, 0.15) is 30.3 Å². The van der Waals surface area contributed by atoms with Crippen molar-refractivity contribution in [3.63, 3.8) is 0 Å². The highest BCUT2D eigenvalue weighted by molar-refractivity contribution is 5.95. The van der Waals surface area contributed by atoms with E-state index in [0.29, 0.717) is 23.6 Å². The molecule has 7 heteroatoms. The van der Waals surface area contributed by atoms with Crippen molar-refractivity contribution in [1.29, 1.82) is 0 Å². The normalized spacial score (nSPS) is 11.0. The zero-order valence-corrected chi connectivity index (χ0v) is 15.0. The number of phenolic OH excluding ortho intramolecular Hbond substituents is 1. The Morgan fingerprint density at radius 3 is 2.80 bits per heavy atom. The topological polar surface area (TPSA) is 88.7 Å². The van der Waals surface area contributed by atoms with Gasteiger partial charge in [0.25, 0.3) is 0 Å². The molecule has 0 saturated heterocycles. The maximum absolute atomic E-state index is 12.0. The molecule has 1 aromatic heterocycles. The Morgan fingerprint density at radius 1 is 1.44 bits per heavy atom. The number of carbonyl (C=O) groups is 1. The number of nitrogens with zero attached hydrogens (tertiary/aromatic N) is 3. The van der Waals surface area contributed by atoms with Crippen LogP contribution in [0, 0.1) is 13.8 Å². The van der Waals surface area contributed by atoms with Crippen LogP contribution in [0.4, 0.5) is 5.69 Å². The molecule has 0 radical (unpaired) electrons. The zero-order valence-electron chi connectivity index (χ0n) is 15.0. The first kappa shape index (κ1) is 18.5. The lowest BCUT2D eigenvalue weighted by Crippen LogP contribution is -2.16. The van der Waals surface area contributed by atoms with E-state index in [1.165, 1.54) is 6.21 Å². The van der Waals surface area contributed by atoms with Gasteiger partial charge in [-0.15, -0.1) is 0 Å². The second-order valence-electron chi connectivity index (χ2n) is 5.76. The molecular weight excluding hydrogens is 320 g/mol. The smallest absolute Gasteiger partial charge is 0.246 e. The number of aromatic hydroxyl groups is 1. The van der Waals surface area contributed by atoms with Gasteiger partial charge in [-0.2, -0.15) is 5.10 Å². The Hall–Kier alpha value is -2.83. The van der Waals surface area contributed by atoms with Crippen LogP contribution < -0.4 is 10.1 Å². The molecule has 0 fully saturated rings. The molecule has 0 atom stereocenters. The van der Waals surface area contributed by atoms with Gasteiger partial charge in [-0.1, -0.05) is 6.92 Å². The molecule has 1 aromatic carbocycles. The summed E-state index contributed by atoms with van der Waals surface area (Å²) in [5.41, 5.74) is 2.89. The van der Waals surface area contributed by atoms with Crippen molar-refractivity contribution >= 4 is 17.8 Å². The predicted octanol–water partition coefficient (Wildman–Crippen LogP) is 2.59. The average molecular weight is 344 g/mol. The molecule has 25 heavy (non-hydrogen) atoms. The molecule has 2 aromatic rings. The summed E-state index contributed by atoms with van der Waals surface area (Å²) >= 11 is 0. The molecule has 0 aliphatic carbocycles. The minimum absolute atomic E-state index is 0.0404. The van der Waals surface area contributed by atoms with E-state index in [9.17, 15) is 9.90 Å². The first-order valence-corrected chi connectivity index (χ1v) is 8.18. The van der Waals surface area contributed by atoms with Crippen LogP contribution in [0.5, 0.6) is 11.5 Å². The number of phenols is 1. The summed E-state index contributed by atoms with van der Waals surface area (Å²) < 4.78 is 7.16. The fourth-order valence-electron chi connectivity index (χ4n) is 2.30. The molecule has 1 amide bonds. The van der Waals surface area contributed by atoms with Crippen molar-refractivity contribution in [2.75, 3.05) is 18.5 Å². The molecule has 0 bridgehead atoms. The van der Waals surface area contributed by atoms with E-state index in [-0.39, 0.29) is 18.2 Å². The highest BCUT2D eigenvalue weighted by atomic mass is 16.5. The van der Waals surface area contributed by atoms with Gasteiger partial charge in [-0.3, -0.25) is 14.5 Å². The number of carbonyl (C=O) groups excluding carboxylic acids is 1. The Labute approximate surface area is 147 Å². The van der Waals surface area contributed by atoms with Crippen LogP contribution in [0.15, 0.2) is 23.2 Å². The second-order valence-corrected chi connectivity index (χ2v) is 5.76. The number of ether oxygens (including phenoxy) is 1. The van der Waals surface area contributed by atoms with Gasteiger partial charge in [-0.25, -0.2) is 0 Å². The molecule has 2 N–H and O–H groups in total. The van der Waals surface area contributed by atoms with Gasteiger partial charge in [0.2, 0.25) is 5.91 Å². The van der Waals surface area contributed by atoms with Crippen LogP contribution in [-0.2, 0) is 11.8 Å². The number of rotatable bonds is 7. The van der Waals surface area contributed by atoms with Crippen LogP contribution in [-0.4, -0.2) is 40.2 Å². The van der Waals surface area contributed by atoms with Crippen molar-refractivity contribution < 1.29 is 14.6 Å². The molecule has 0 spiro atoms. The molecule has 0 unspecified atom stereocenters. The van der Waals surface area contributed by atoms with Crippen molar-refractivity contribution in [2.24, 2.45) is 12.0 Å². The lowest BCUT2D eigenvalue weighted by molar-refractivity contribution is -0.114. The van der Waals surface area contributed by atoms with Gasteiger partial charge in [-0.05, 0) is 32.4 Å². The third-order valence-electron chi connectivity index (χ3n) is 3.71. The largest absolute Gasteiger partial charge is 0.507 e. The second kappa shape index (κ2) is 8.32. The number of aromatic nitrogens is 2. The first-order valence-electron chi connectivity index (χ1n) is 8.18. The molecule has 7 nitrogen and oxygen atoms in total. The zero-order chi connectivity index (χ0) is 18.4. The van der Waals surface area contributed by atoms with E-state index in [0.717, 1.165) is 17.8 Å². The van der Waals surface area contributed by atoms with E-state index in [1.54, 1.807) is 22.9 Å². The third-order valence-corrected chi connectivity index (χ3v) is 3.71. The van der Waals surface area contributed by atoms with E-state index in [4.69, 9.17) is 4.74 Å². The lowest BCUT2D eigenvalue weighted by atomic mass is 10.2. The number of hydrogen-bond acceptors (Lipinski definition) is 5. The lowest BCUT2D eigenvalue weighted by Gasteiger charge is -2.06. The maximum Gasteiger partial charge on any atom is 0.246 e. The summed E-state index contributed by atoms with van der Waals surface area (Å²) in [5, 5.41) is 17.0. The van der Waals surface area contributed by atoms with Crippen LogP contribution in [0.3, 0.4) is 0 Å². The van der Waals surface area contributed by atoms with E-state index >= 15 is 0 Å². The standard InChI is InChI=1S/C18H24N4O3/c1-5-8-25-15-7-6-14(16(23)9-15)10-19-11-17(24)20-18-12(2)21-22(4)13(18)3/h6-7,9-10,23H,5,8,11H2,1-4H3,(H,20,24). The van der Waals surface area contributed by atoms with Crippen molar-refractivity contribution in [2.45, 2.75) is 27.2 Å². The van der Waals surface area contributed by atoms with Gasteiger partial charge in [0.05, 0.1) is 23.7 Å². The number of aliphatic imine (C=N–C) groups is 1. The van der Waals surface area contributed by atoms with Gasteiger partial charge < -0.3 is 15.2 Å². The Kier molecular flexibility index (Phi) is 6.16. The number of benzene rings is 1. The summed E-state index contributed by atoms with van der Waals surface area (Å²) in [6.07, 6.45) is 2.37. The maximum atomic E-state index is 12.0. The quantitative estimate of drug-likeness (QED) is 0.756. The number of nitrogens with one attached hydrogen (secondary N) is 1. The first-order chi connectivity index (χ1) is 11.9. The monoisotopic (exact) mass is 344 g/mol. The van der Waals surface area contributed by atoms with Crippen LogP contribution >= 0.6 is 0 Å². The highest BCUT2D eigenvalue weighted by Crippen LogP contribution is 2.22. The van der Waals surface area contributed by atoms with E-state index < -0.39 is 0 Å². The molecule has 1 heterocycles. The van der Waals surface area contributed by atoms with Crippen molar-refractivity contribution in [1.82, 2.24) is 9.78 Å². The minimum Gasteiger partial charge on any atom is -0.507 e. The molecule has 0 aliphatic rings. The third kappa shape index (κ3) is 4.82. The number of anilines is 1. The summed E-state index contributed by atoms with van der Waals surface area (Å²) in [5.74, 6) is 0.436. The SMILES string of the molecule is CCCOc1ccc(C=NCC(=O)Nc2c(C)nn(C)c2C)c(O)c1. The Bertz CT molecular complexity index is 781.